The molecule has 16 heavy (non-hydrogen) atoms. The van der Waals surface area contributed by atoms with Gasteiger partial charge in [0, 0.05) is 0 Å². The van der Waals surface area contributed by atoms with Gasteiger partial charge in [0.05, 0.1) is 0 Å². The minimum Gasteiger partial charge on any atom is -0.478 e. The first-order valence-corrected chi connectivity index (χ1v) is 5.01. The number of benzene rings is 1. The van der Waals surface area contributed by atoms with Crippen LogP contribution in [0.5, 0.6) is 5.75 Å². The first-order valence-electron chi connectivity index (χ1n) is 5.01. The highest BCUT2D eigenvalue weighted by molar-refractivity contribution is 5.76. The van der Waals surface area contributed by atoms with Crippen LogP contribution >= 0.6 is 0 Å². The largest absolute Gasteiger partial charge is 0.478 e. The van der Waals surface area contributed by atoms with Gasteiger partial charge in [0.15, 0.2) is 5.60 Å². The molecule has 3 heteroatoms. The van der Waals surface area contributed by atoms with E-state index in [0.29, 0.717) is 5.75 Å². The molecule has 0 aromatic heterocycles. The number of hydrogen-bond acceptors (Lipinski definition) is 2. The molecule has 0 radical (unpaired) electrons. The molecule has 1 N–H and O–H groups in total. The van der Waals surface area contributed by atoms with Gasteiger partial charge in [-0.2, -0.15) is 0 Å². The van der Waals surface area contributed by atoms with E-state index < -0.39 is 11.6 Å². The van der Waals surface area contributed by atoms with E-state index in [1.807, 2.05) is 19.1 Å². The lowest BCUT2D eigenvalue weighted by Gasteiger charge is -2.21. The quantitative estimate of drug-likeness (QED) is 0.848. The Morgan fingerprint density at radius 2 is 1.81 bits per heavy atom. The van der Waals surface area contributed by atoms with Gasteiger partial charge in [0.1, 0.15) is 5.75 Å². The summed E-state index contributed by atoms with van der Waals surface area (Å²) >= 11 is 0. The van der Waals surface area contributed by atoms with Crippen LogP contribution in [0.25, 0.3) is 5.57 Å². The van der Waals surface area contributed by atoms with Gasteiger partial charge in [-0.3, -0.25) is 0 Å². The monoisotopic (exact) mass is 220 g/mol. The van der Waals surface area contributed by atoms with E-state index in [1.165, 1.54) is 13.8 Å². The highest BCUT2D eigenvalue weighted by atomic mass is 16.5. The Hall–Kier alpha value is -1.77. The van der Waals surface area contributed by atoms with Crippen LogP contribution in [0.1, 0.15) is 26.3 Å². The fraction of sp³-hybridized carbons (Fsp3) is 0.308. The van der Waals surface area contributed by atoms with Crippen molar-refractivity contribution >= 4 is 11.5 Å². The fourth-order valence-corrected chi connectivity index (χ4v) is 1.15. The lowest BCUT2D eigenvalue weighted by atomic mass is 10.1. The van der Waals surface area contributed by atoms with Crippen LogP contribution in [0.2, 0.25) is 0 Å². The second-order valence-electron chi connectivity index (χ2n) is 4.22. The number of rotatable bonds is 4. The minimum absolute atomic E-state index is 0.539. The molecule has 0 unspecified atom stereocenters. The summed E-state index contributed by atoms with van der Waals surface area (Å²) in [7, 11) is 0. The molecule has 0 aliphatic carbocycles. The second kappa shape index (κ2) is 4.39. The second-order valence-corrected chi connectivity index (χ2v) is 4.22. The maximum absolute atomic E-state index is 10.9. The van der Waals surface area contributed by atoms with Crippen LogP contribution < -0.4 is 4.74 Å². The van der Waals surface area contributed by atoms with Crippen molar-refractivity contribution in [1.29, 1.82) is 0 Å². The Kier molecular flexibility index (Phi) is 3.38. The summed E-state index contributed by atoms with van der Waals surface area (Å²) in [4.78, 5) is 10.9. The van der Waals surface area contributed by atoms with Crippen LogP contribution in [0.3, 0.4) is 0 Å². The zero-order valence-electron chi connectivity index (χ0n) is 9.78. The van der Waals surface area contributed by atoms with E-state index in [0.717, 1.165) is 11.1 Å². The lowest BCUT2D eigenvalue weighted by Crippen LogP contribution is -2.37. The molecule has 86 valence electrons. The molecule has 0 amide bonds. The fourth-order valence-electron chi connectivity index (χ4n) is 1.15. The number of carbonyl (C=O) groups is 1. The maximum Gasteiger partial charge on any atom is 0.347 e. The van der Waals surface area contributed by atoms with Crippen molar-refractivity contribution in [3.05, 3.63) is 36.4 Å². The van der Waals surface area contributed by atoms with Gasteiger partial charge in [-0.15, -0.1) is 0 Å². The third-order valence-electron chi connectivity index (χ3n) is 2.24. The normalized spacial score (nSPS) is 10.9. The zero-order chi connectivity index (χ0) is 12.3. The van der Waals surface area contributed by atoms with Crippen LogP contribution in [0.15, 0.2) is 30.8 Å². The Labute approximate surface area is 95.4 Å². The number of aliphatic carboxylic acids is 1. The summed E-state index contributed by atoms with van der Waals surface area (Å²) in [6.07, 6.45) is 0. The highest BCUT2D eigenvalue weighted by Gasteiger charge is 2.29. The molecule has 1 aromatic rings. The summed E-state index contributed by atoms with van der Waals surface area (Å²) in [5.41, 5.74) is 0.759. The van der Waals surface area contributed by atoms with E-state index in [4.69, 9.17) is 9.84 Å². The molecule has 1 aromatic carbocycles. The van der Waals surface area contributed by atoms with Crippen LogP contribution in [-0.2, 0) is 4.79 Å². The Morgan fingerprint density at radius 3 is 2.19 bits per heavy atom. The van der Waals surface area contributed by atoms with E-state index in [1.54, 1.807) is 12.1 Å². The van der Waals surface area contributed by atoms with E-state index in [2.05, 4.69) is 6.58 Å². The highest BCUT2D eigenvalue weighted by Crippen LogP contribution is 2.21. The molecule has 0 aliphatic rings. The molecule has 0 aliphatic heterocycles. The molecule has 1 rings (SSSR count). The van der Waals surface area contributed by atoms with Crippen molar-refractivity contribution < 1.29 is 14.6 Å². The predicted molar refractivity (Wildman–Crippen MR) is 63.5 cm³/mol. The summed E-state index contributed by atoms with van der Waals surface area (Å²) in [5, 5.41) is 8.91. The topological polar surface area (TPSA) is 46.5 Å². The van der Waals surface area contributed by atoms with Gasteiger partial charge in [-0.25, -0.2) is 4.79 Å². The summed E-state index contributed by atoms with van der Waals surface area (Å²) in [5.74, 6) is -0.450. The SMILES string of the molecule is C=C(C)c1ccc(OC(C)(C)C(=O)O)cc1. The van der Waals surface area contributed by atoms with Gasteiger partial charge in [-0.1, -0.05) is 24.3 Å². The molecule has 0 saturated heterocycles. The van der Waals surface area contributed by atoms with Crippen LogP contribution in [-0.4, -0.2) is 16.7 Å². The summed E-state index contributed by atoms with van der Waals surface area (Å²) < 4.78 is 5.37. The van der Waals surface area contributed by atoms with Crippen molar-refractivity contribution in [2.24, 2.45) is 0 Å². The average Bonchev–Trinajstić information content (AvgIpc) is 2.17. The molecule has 3 nitrogen and oxygen atoms in total. The Balaban J connectivity index is 2.84. The minimum atomic E-state index is -1.22. The number of carboxylic acid groups (broad SMARTS) is 1. The first kappa shape index (κ1) is 12.3. The Bertz CT molecular complexity index is 402. The van der Waals surface area contributed by atoms with Crippen molar-refractivity contribution in [2.75, 3.05) is 0 Å². The van der Waals surface area contributed by atoms with E-state index in [-0.39, 0.29) is 0 Å². The molecule has 0 heterocycles. The van der Waals surface area contributed by atoms with Gasteiger partial charge in [0.2, 0.25) is 0 Å². The maximum atomic E-state index is 10.9. The Morgan fingerprint density at radius 1 is 1.31 bits per heavy atom. The van der Waals surface area contributed by atoms with Crippen LogP contribution in [0.4, 0.5) is 0 Å². The molecule has 0 spiro atoms. The standard InChI is InChI=1S/C13H16O3/c1-9(2)10-5-7-11(8-6-10)16-13(3,4)12(14)15/h5-8H,1H2,2-4H3,(H,14,15). The smallest absolute Gasteiger partial charge is 0.347 e. The number of carboxylic acids is 1. The van der Waals surface area contributed by atoms with Crippen molar-refractivity contribution in [2.45, 2.75) is 26.4 Å². The van der Waals surface area contributed by atoms with Gasteiger partial charge in [-0.05, 0) is 38.5 Å². The molecular formula is C13H16O3. The number of ether oxygens (including phenoxy) is 1. The van der Waals surface area contributed by atoms with E-state index >= 15 is 0 Å². The third kappa shape index (κ3) is 2.86. The van der Waals surface area contributed by atoms with Crippen molar-refractivity contribution in [3.8, 4) is 5.75 Å². The van der Waals surface area contributed by atoms with Crippen LogP contribution in [0, 0.1) is 0 Å². The van der Waals surface area contributed by atoms with Gasteiger partial charge >= 0.3 is 5.97 Å². The molecule has 0 fully saturated rings. The third-order valence-corrected chi connectivity index (χ3v) is 2.24. The first-order chi connectivity index (χ1) is 7.33. The molecule has 0 saturated carbocycles. The van der Waals surface area contributed by atoms with E-state index in [9.17, 15) is 4.79 Å². The summed E-state index contributed by atoms with van der Waals surface area (Å²) in [6.45, 7) is 8.77. The average molecular weight is 220 g/mol. The summed E-state index contributed by atoms with van der Waals surface area (Å²) in [6, 6.07) is 7.20. The van der Waals surface area contributed by atoms with Crippen molar-refractivity contribution in [1.82, 2.24) is 0 Å². The predicted octanol–water partition coefficient (Wildman–Crippen LogP) is 2.96. The number of allylic oxidation sites excluding steroid dienone is 1. The van der Waals surface area contributed by atoms with Gasteiger partial charge < -0.3 is 9.84 Å². The number of hydrogen-bond donors (Lipinski definition) is 1. The molecular weight excluding hydrogens is 204 g/mol. The lowest BCUT2D eigenvalue weighted by molar-refractivity contribution is -0.152. The van der Waals surface area contributed by atoms with Gasteiger partial charge in [0.25, 0.3) is 0 Å². The zero-order valence-corrected chi connectivity index (χ0v) is 9.78. The molecule has 0 atom stereocenters. The molecule has 0 bridgehead atoms. The van der Waals surface area contributed by atoms with Crippen molar-refractivity contribution in [3.63, 3.8) is 0 Å².